The first kappa shape index (κ1) is 12.1. The molecule has 0 saturated heterocycles. The summed E-state index contributed by atoms with van der Waals surface area (Å²) in [7, 11) is 2.08. The van der Waals surface area contributed by atoms with Crippen LogP contribution in [0.4, 0.5) is 11.7 Å². The summed E-state index contributed by atoms with van der Waals surface area (Å²) in [4.78, 5) is 6.73. The largest absolute Gasteiger partial charge is 0.423 e. The van der Waals surface area contributed by atoms with Gasteiger partial charge in [-0.05, 0) is 55.2 Å². The molecule has 2 aliphatic carbocycles. The Kier molecular flexibility index (Phi) is 2.65. The average Bonchev–Trinajstić information content (AvgIpc) is 3.11. The molecule has 2 aromatic rings. The lowest BCUT2D eigenvalue weighted by Gasteiger charge is -2.26. The van der Waals surface area contributed by atoms with Crippen LogP contribution in [-0.4, -0.2) is 18.6 Å². The van der Waals surface area contributed by atoms with Gasteiger partial charge in [0.05, 0.1) is 0 Å². The van der Waals surface area contributed by atoms with Gasteiger partial charge in [-0.1, -0.05) is 6.42 Å². The highest BCUT2D eigenvalue weighted by atomic mass is 16.4. The van der Waals surface area contributed by atoms with Crippen molar-refractivity contribution in [2.24, 2.45) is 17.8 Å². The third kappa shape index (κ3) is 1.94. The van der Waals surface area contributed by atoms with Gasteiger partial charge in [0.1, 0.15) is 5.52 Å². The zero-order chi connectivity index (χ0) is 13.7. The molecule has 20 heavy (non-hydrogen) atoms. The Bertz CT molecular complexity index is 636. The van der Waals surface area contributed by atoms with Crippen LogP contribution in [0.15, 0.2) is 22.6 Å². The third-order valence-electron chi connectivity index (χ3n) is 5.12. The van der Waals surface area contributed by atoms with Gasteiger partial charge < -0.3 is 15.1 Å². The lowest BCUT2D eigenvalue weighted by Crippen LogP contribution is -2.28. The van der Waals surface area contributed by atoms with E-state index in [2.05, 4.69) is 16.9 Å². The van der Waals surface area contributed by atoms with Gasteiger partial charge in [0.2, 0.25) is 0 Å². The fraction of sp³-hybridized carbons (Fsp3) is 0.562. The van der Waals surface area contributed by atoms with Crippen molar-refractivity contribution in [1.29, 1.82) is 0 Å². The zero-order valence-corrected chi connectivity index (χ0v) is 11.9. The van der Waals surface area contributed by atoms with E-state index in [0.717, 1.165) is 41.1 Å². The summed E-state index contributed by atoms with van der Waals surface area (Å²) in [6.07, 6.45) is 5.71. The molecule has 1 aromatic heterocycles. The second-order valence-corrected chi connectivity index (χ2v) is 6.54. The molecule has 2 bridgehead atoms. The number of oxazole rings is 1. The molecule has 0 radical (unpaired) electrons. The van der Waals surface area contributed by atoms with Crippen molar-refractivity contribution < 1.29 is 4.42 Å². The van der Waals surface area contributed by atoms with Crippen molar-refractivity contribution in [1.82, 2.24) is 4.98 Å². The Hall–Kier alpha value is -1.71. The van der Waals surface area contributed by atoms with Crippen molar-refractivity contribution in [2.75, 3.05) is 24.2 Å². The first-order valence-corrected chi connectivity index (χ1v) is 7.56. The van der Waals surface area contributed by atoms with Gasteiger partial charge in [0.25, 0.3) is 6.01 Å². The van der Waals surface area contributed by atoms with Crippen LogP contribution in [0.25, 0.3) is 11.1 Å². The SMILES string of the molecule is CN(CC1CC2CCC1C2)c1nc2cc(N)ccc2o1. The van der Waals surface area contributed by atoms with Crippen molar-refractivity contribution in [3.63, 3.8) is 0 Å². The number of nitrogen functional groups attached to an aromatic ring is 1. The molecule has 0 spiro atoms. The number of hydrogen-bond acceptors (Lipinski definition) is 4. The molecule has 3 atom stereocenters. The van der Waals surface area contributed by atoms with Gasteiger partial charge in [-0.3, -0.25) is 0 Å². The van der Waals surface area contributed by atoms with E-state index >= 15 is 0 Å². The molecule has 2 N–H and O–H groups in total. The quantitative estimate of drug-likeness (QED) is 0.870. The fourth-order valence-electron chi connectivity index (χ4n) is 4.13. The minimum absolute atomic E-state index is 0.716. The van der Waals surface area contributed by atoms with E-state index in [0.29, 0.717) is 6.01 Å². The number of rotatable bonds is 3. The Morgan fingerprint density at radius 2 is 2.25 bits per heavy atom. The average molecular weight is 271 g/mol. The van der Waals surface area contributed by atoms with Gasteiger partial charge in [-0.25, -0.2) is 0 Å². The molecule has 106 valence electrons. The third-order valence-corrected chi connectivity index (χ3v) is 5.12. The van der Waals surface area contributed by atoms with Gasteiger partial charge in [-0.2, -0.15) is 4.98 Å². The maximum Gasteiger partial charge on any atom is 0.298 e. The minimum Gasteiger partial charge on any atom is -0.423 e. The Morgan fingerprint density at radius 1 is 1.35 bits per heavy atom. The van der Waals surface area contributed by atoms with Crippen LogP contribution in [0.3, 0.4) is 0 Å². The van der Waals surface area contributed by atoms with Crippen LogP contribution in [0.2, 0.25) is 0 Å². The normalized spacial score (nSPS) is 28.4. The molecule has 2 saturated carbocycles. The molecule has 1 aromatic carbocycles. The van der Waals surface area contributed by atoms with E-state index < -0.39 is 0 Å². The van der Waals surface area contributed by atoms with Gasteiger partial charge in [0, 0.05) is 19.3 Å². The van der Waals surface area contributed by atoms with E-state index in [1.807, 2.05) is 18.2 Å². The van der Waals surface area contributed by atoms with Gasteiger partial charge in [0.15, 0.2) is 5.58 Å². The van der Waals surface area contributed by atoms with Crippen molar-refractivity contribution >= 4 is 22.8 Å². The van der Waals surface area contributed by atoms with Crippen molar-refractivity contribution in [3.8, 4) is 0 Å². The summed E-state index contributed by atoms with van der Waals surface area (Å²) in [5.41, 5.74) is 8.18. The molecule has 1 heterocycles. The lowest BCUT2D eigenvalue weighted by atomic mass is 9.88. The van der Waals surface area contributed by atoms with E-state index in [4.69, 9.17) is 10.2 Å². The molecular weight excluding hydrogens is 250 g/mol. The maximum atomic E-state index is 5.83. The molecule has 2 aliphatic rings. The van der Waals surface area contributed by atoms with E-state index in [-0.39, 0.29) is 0 Å². The number of nitrogens with two attached hydrogens (primary N) is 1. The predicted octanol–water partition coefficient (Wildman–Crippen LogP) is 3.28. The highest BCUT2D eigenvalue weighted by Crippen LogP contribution is 2.48. The van der Waals surface area contributed by atoms with Crippen LogP contribution in [0.5, 0.6) is 0 Å². The topological polar surface area (TPSA) is 55.3 Å². The van der Waals surface area contributed by atoms with E-state index in [9.17, 15) is 0 Å². The summed E-state index contributed by atoms with van der Waals surface area (Å²) < 4.78 is 5.83. The Balaban J connectivity index is 1.53. The number of aromatic nitrogens is 1. The lowest BCUT2D eigenvalue weighted by molar-refractivity contribution is 0.333. The minimum atomic E-state index is 0.716. The predicted molar refractivity (Wildman–Crippen MR) is 80.6 cm³/mol. The number of anilines is 2. The molecule has 0 amide bonds. The molecule has 2 fully saturated rings. The standard InChI is InChI=1S/C16H21N3O/c1-19(9-12-7-10-2-3-11(12)6-10)16-18-14-8-13(17)4-5-15(14)20-16/h4-5,8,10-12H,2-3,6-7,9,17H2,1H3. The highest BCUT2D eigenvalue weighted by Gasteiger charge is 2.39. The monoisotopic (exact) mass is 271 g/mol. The number of hydrogen-bond donors (Lipinski definition) is 1. The van der Waals surface area contributed by atoms with Gasteiger partial charge in [-0.15, -0.1) is 0 Å². The van der Waals surface area contributed by atoms with Crippen LogP contribution in [-0.2, 0) is 0 Å². The van der Waals surface area contributed by atoms with Crippen molar-refractivity contribution in [2.45, 2.75) is 25.7 Å². The number of nitrogens with zero attached hydrogens (tertiary/aromatic N) is 2. The molecule has 4 rings (SSSR count). The number of fused-ring (bicyclic) bond motifs is 3. The van der Waals surface area contributed by atoms with E-state index in [1.165, 1.54) is 25.7 Å². The highest BCUT2D eigenvalue weighted by molar-refractivity contribution is 5.78. The fourth-order valence-corrected chi connectivity index (χ4v) is 4.13. The first-order chi connectivity index (χ1) is 9.69. The second kappa shape index (κ2) is 4.40. The smallest absolute Gasteiger partial charge is 0.298 e. The van der Waals surface area contributed by atoms with Crippen LogP contribution in [0.1, 0.15) is 25.7 Å². The molecular formula is C16H21N3O. The van der Waals surface area contributed by atoms with Crippen LogP contribution >= 0.6 is 0 Å². The summed E-state index contributed by atoms with van der Waals surface area (Å²) in [6, 6.07) is 6.33. The Labute approximate surface area is 118 Å². The molecule has 3 unspecified atom stereocenters. The van der Waals surface area contributed by atoms with Crippen molar-refractivity contribution in [3.05, 3.63) is 18.2 Å². The second-order valence-electron chi connectivity index (χ2n) is 6.54. The number of benzene rings is 1. The zero-order valence-electron chi connectivity index (χ0n) is 11.9. The Morgan fingerprint density at radius 3 is 3.00 bits per heavy atom. The summed E-state index contributed by atoms with van der Waals surface area (Å²) >= 11 is 0. The van der Waals surface area contributed by atoms with E-state index in [1.54, 1.807) is 0 Å². The van der Waals surface area contributed by atoms with Crippen LogP contribution in [0, 0.1) is 17.8 Å². The van der Waals surface area contributed by atoms with Gasteiger partial charge >= 0.3 is 0 Å². The summed E-state index contributed by atoms with van der Waals surface area (Å²) in [5, 5.41) is 0. The summed E-state index contributed by atoms with van der Waals surface area (Å²) in [5.74, 6) is 2.74. The first-order valence-electron chi connectivity index (χ1n) is 7.56. The van der Waals surface area contributed by atoms with Crippen LogP contribution < -0.4 is 10.6 Å². The maximum absolute atomic E-state index is 5.83. The summed E-state index contributed by atoms with van der Waals surface area (Å²) in [6.45, 7) is 1.06. The molecule has 4 heteroatoms. The molecule has 4 nitrogen and oxygen atoms in total. The molecule has 0 aliphatic heterocycles.